The lowest BCUT2D eigenvalue weighted by Gasteiger charge is -2.49. The second-order valence-electron chi connectivity index (χ2n) is 7.11. The first-order chi connectivity index (χ1) is 14.6. The van der Waals surface area contributed by atoms with Crippen molar-refractivity contribution in [3.8, 4) is 0 Å². The summed E-state index contributed by atoms with van der Waals surface area (Å²) in [6.45, 7) is 6.64. The Hall–Kier alpha value is -1.34. The van der Waals surface area contributed by atoms with Crippen molar-refractivity contribution in [2.24, 2.45) is 11.8 Å². The maximum absolute atomic E-state index is 12.0. The van der Waals surface area contributed by atoms with Crippen LogP contribution in [0.4, 0.5) is 0 Å². The van der Waals surface area contributed by atoms with Crippen molar-refractivity contribution in [3.63, 3.8) is 0 Å². The lowest BCUT2D eigenvalue weighted by Crippen LogP contribution is -2.48. The third-order valence-corrected chi connectivity index (χ3v) is 8.72. The standard InChI is InChI=1S/C14H21N4O11P3/c1-7-10(4-27-31(23,24)29-32(25,26)28-30(20,21)22)11(9(3)19)13(7)18-6-17-12-8(2)15-5-16-14(12)18/h5-6,9-11,13,19H,1,4H2,2-3H3,(H,23,24)(H,25,26)(H2,20,21,22)/t9?,10-,11+,13+/m0/s1. The van der Waals surface area contributed by atoms with E-state index in [1.807, 2.05) is 0 Å². The summed E-state index contributed by atoms with van der Waals surface area (Å²) in [4.78, 5) is 48.6. The third-order valence-electron chi connectivity index (χ3n) is 4.92. The Morgan fingerprint density at radius 2 is 1.78 bits per heavy atom. The number of phosphoric acid groups is 3. The quantitative estimate of drug-likeness (QED) is 0.234. The minimum atomic E-state index is -5.62. The molecule has 0 amide bonds. The Morgan fingerprint density at radius 1 is 1.12 bits per heavy atom. The number of aliphatic hydroxyl groups excluding tert-OH is 1. The van der Waals surface area contributed by atoms with Crippen molar-refractivity contribution in [3.05, 3.63) is 30.5 Å². The first-order valence-electron chi connectivity index (χ1n) is 8.91. The summed E-state index contributed by atoms with van der Waals surface area (Å²) >= 11 is 0. The molecule has 0 bridgehead atoms. The third kappa shape index (κ3) is 5.41. The number of hydrogen-bond acceptors (Lipinski definition) is 10. The van der Waals surface area contributed by atoms with Crippen LogP contribution in [0.25, 0.3) is 11.2 Å². The molecular weight excluding hydrogens is 493 g/mol. The Kier molecular flexibility index (Phi) is 6.94. The Labute approximate surface area is 181 Å². The molecule has 2 aromatic heterocycles. The van der Waals surface area contributed by atoms with Gasteiger partial charge in [0.05, 0.1) is 30.8 Å². The van der Waals surface area contributed by atoms with Crippen molar-refractivity contribution >= 4 is 34.6 Å². The van der Waals surface area contributed by atoms with E-state index in [4.69, 9.17) is 14.3 Å². The van der Waals surface area contributed by atoms with Gasteiger partial charge in [-0.05, 0) is 19.4 Å². The average molecular weight is 514 g/mol. The van der Waals surface area contributed by atoms with Gasteiger partial charge in [-0.2, -0.15) is 8.62 Å². The van der Waals surface area contributed by atoms with E-state index in [0.29, 0.717) is 22.4 Å². The van der Waals surface area contributed by atoms with Gasteiger partial charge in [0.25, 0.3) is 0 Å². The van der Waals surface area contributed by atoms with Crippen LogP contribution in [0.15, 0.2) is 24.8 Å². The van der Waals surface area contributed by atoms with E-state index in [1.54, 1.807) is 11.5 Å². The number of nitrogens with zero attached hydrogens (tertiary/aromatic N) is 4. The molecule has 18 heteroatoms. The van der Waals surface area contributed by atoms with E-state index < -0.39 is 54.1 Å². The fourth-order valence-electron chi connectivity index (χ4n) is 3.65. The zero-order valence-corrected chi connectivity index (χ0v) is 19.4. The van der Waals surface area contributed by atoms with E-state index in [2.05, 4.69) is 30.2 Å². The van der Waals surface area contributed by atoms with Crippen LogP contribution in [-0.4, -0.2) is 56.9 Å². The normalized spacial score (nSPS) is 26.3. The molecule has 0 aliphatic heterocycles. The molecule has 0 saturated heterocycles. The molecule has 32 heavy (non-hydrogen) atoms. The summed E-state index contributed by atoms with van der Waals surface area (Å²) in [6, 6.07) is -0.483. The fourth-order valence-corrected chi connectivity index (χ4v) is 6.69. The summed E-state index contributed by atoms with van der Waals surface area (Å²) in [5.74, 6) is -1.24. The van der Waals surface area contributed by atoms with E-state index in [-0.39, 0.29) is 0 Å². The molecule has 3 rings (SSSR count). The van der Waals surface area contributed by atoms with Crippen LogP contribution >= 0.6 is 23.5 Å². The first kappa shape index (κ1) is 25.3. The van der Waals surface area contributed by atoms with Gasteiger partial charge in [0.2, 0.25) is 0 Å². The van der Waals surface area contributed by atoms with E-state index in [0.717, 1.165) is 0 Å². The van der Waals surface area contributed by atoms with Crippen LogP contribution in [0.5, 0.6) is 0 Å². The lowest BCUT2D eigenvalue weighted by molar-refractivity contribution is 0.00190. The van der Waals surface area contributed by atoms with Crippen LogP contribution in [0.3, 0.4) is 0 Å². The fraction of sp³-hybridized carbons (Fsp3) is 0.500. The van der Waals surface area contributed by atoms with Crippen molar-refractivity contribution in [2.75, 3.05) is 6.61 Å². The predicted octanol–water partition coefficient (Wildman–Crippen LogP) is 1.20. The Bertz CT molecular complexity index is 1180. The molecule has 5 N–H and O–H groups in total. The van der Waals surface area contributed by atoms with E-state index in [9.17, 15) is 28.6 Å². The molecule has 0 spiro atoms. The smallest absolute Gasteiger partial charge is 0.393 e. The van der Waals surface area contributed by atoms with Crippen LogP contribution in [0.1, 0.15) is 18.7 Å². The van der Waals surface area contributed by atoms with Gasteiger partial charge in [-0.25, -0.2) is 28.6 Å². The Morgan fingerprint density at radius 3 is 2.38 bits per heavy atom. The van der Waals surface area contributed by atoms with Crippen LogP contribution in [-0.2, 0) is 26.8 Å². The average Bonchev–Trinajstić information content (AvgIpc) is 3.00. The van der Waals surface area contributed by atoms with Crippen LogP contribution < -0.4 is 0 Å². The van der Waals surface area contributed by atoms with E-state index >= 15 is 0 Å². The number of aryl methyl sites for hydroxylation is 1. The van der Waals surface area contributed by atoms with Crippen molar-refractivity contribution in [2.45, 2.75) is 26.0 Å². The zero-order valence-electron chi connectivity index (χ0n) is 16.7. The summed E-state index contributed by atoms with van der Waals surface area (Å²) in [6.07, 6.45) is 1.94. The zero-order chi connectivity index (χ0) is 24.1. The van der Waals surface area contributed by atoms with Gasteiger partial charge in [0.15, 0.2) is 5.65 Å². The summed E-state index contributed by atoms with van der Waals surface area (Å²) in [5.41, 5.74) is 2.20. The minimum Gasteiger partial charge on any atom is -0.393 e. The molecule has 1 saturated carbocycles. The highest BCUT2D eigenvalue weighted by Gasteiger charge is 2.50. The maximum atomic E-state index is 12.0. The largest absolute Gasteiger partial charge is 0.490 e. The number of aromatic nitrogens is 4. The van der Waals surface area contributed by atoms with Gasteiger partial charge < -0.3 is 29.2 Å². The number of phosphoric ester groups is 1. The number of hydrogen-bond donors (Lipinski definition) is 5. The summed E-state index contributed by atoms with van der Waals surface area (Å²) in [5, 5.41) is 10.3. The SMILES string of the molecule is C=C1[C@@H](n2cnc3c(C)ncnc32)[C@H](C(C)O)[C@H]1COP(=O)(O)OP(=O)(O)OP(=O)(O)O. The molecule has 15 nitrogen and oxygen atoms in total. The molecule has 178 valence electrons. The van der Waals surface area contributed by atoms with Crippen molar-refractivity contribution < 1.29 is 51.5 Å². The second-order valence-corrected chi connectivity index (χ2v) is 11.5. The molecular formula is C14H21N4O11P3. The second kappa shape index (κ2) is 8.79. The number of rotatable bonds is 9. The topological polar surface area (TPSA) is 224 Å². The molecule has 1 aliphatic carbocycles. The monoisotopic (exact) mass is 514 g/mol. The van der Waals surface area contributed by atoms with Crippen molar-refractivity contribution in [1.29, 1.82) is 0 Å². The van der Waals surface area contributed by atoms with Crippen LogP contribution in [0.2, 0.25) is 0 Å². The molecule has 2 aromatic rings. The minimum absolute atomic E-state index is 0.483. The first-order valence-corrected chi connectivity index (χ1v) is 13.4. The van der Waals surface area contributed by atoms with Crippen molar-refractivity contribution in [1.82, 2.24) is 19.5 Å². The molecule has 1 fully saturated rings. The summed E-state index contributed by atoms with van der Waals surface area (Å²) in [7, 11) is -16.4. The molecule has 2 heterocycles. The molecule has 1 aliphatic rings. The maximum Gasteiger partial charge on any atom is 0.490 e. The van der Waals surface area contributed by atoms with E-state index in [1.165, 1.54) is 19.6 Å². The molecule has 3 unspecified atom stereocenters. The number of imidazole rings is 1. The highest BCUT2D eigenvalue weighted by molar-refractivity contribution is 7.66. The van der Waals surface area contributed by atoms with Crippen LogP contribution in [0, 0.1) is 18.8 Å². The highest BCUT2D eigenvalue weighted by atomic mass is 31.3. The van der Waals surface area contributed by atoms with Gasteiger partial charge in [-0.1, -0.05) is 6.58 Å². The number of fused-ring (bicyclic) bond motifs is 1. The molecule has 0 aromatic carbocycles. The van der Waals surface area contributed by atoms with Gasteiger partial charge >= 0.3 is 23.5 Å². The molecule has 6 atom stereocenters. The lowest BCUT2D eigenvalue weighted by atomic mass is 9.63. The predicted molar refractivity (Wildman–Crippen MR) is 107 cm³/mol. The summed E-state index contributed by atoms with van der Waals surface area (Å²) < 4.78 is 47.9. The highest BCUT2D eigenvalue weighted by Crippen LogP contribution is 2.66. The van der Waals surface area contributed by atoms with Gasteiger partial charge in [0.1, 0.15) is 11.8 Å². The van der Waals surface area contributed by atoms with Gasteiger partial charge in [-0.15, -0.1) is 0 Å². The molecule has 0 radical (unpaired) electrons. The number of aliphatic hydroxyl groups is 1. The van der Waals surface area contributed by atoms with Gasteiger partial charge in [-0.3, -0.25) is 4.52 Å². The van der Waals surface area contributed by atoms with Gasteiger partial charge in [0, 0.05) is 11.8 Å². The Balaban J connectivity index is 1.75.